The minimum atomic E-state index is -0.434. The fraction of sp³-hybridized carbons (Fsp3) is 0.176. The second-order valence-electron chi connectivity index (χ2n) is 5.11. The van der Waals surface area contributed by atoms with Crippen LogP contribution >= 0.6 is 34.8 Å². The molecule has 0 saturated heterocycles. The number of carbonyl (C=O) groups excluding carboxylic acids is 2. The van der Waals surface area contributed by atoms with E-state index in [1.165, 1.54) is 24.3 Å². The fourth-order valence-electron chi connectivity index (χ4n) is 1.95. The van der Waals surface area contributed by atoms with Crippen molar-refractivity contribution in [3.8, 4) is 11.5 Å². The lowest BCUT2D eigenvalue weighted by molar-refractivity contribution is -0.123. The Morgan fingerprint density at radius 3 is 2.35 bits per heavy atom. The normalized spacial score (nSPS) is 10.3. The Morgan fingerprint density at radius 1 is 0.962 bits per heavy atom. The van der Waals surface area contributed by atoms with Crippen molar-refractivity contribution in [2.75, 3.05) is 19.7 Å². The second kappa shape index (κ2) is 9.52. The summed E-state index contributed by atoms with van der Waals surface area (Å²) in [4.78, 5) is 23.6. The number of halogens is 3. The zero-order valence-electron chi connectivity index (χ0n) is 13.4. The summed E-state index contributed by atoms with van der Waals surface area (Å²) in [7, 11) is 0. The molecule has 0 aliphatic rings. The Kier molecular flexibility index (Phi) is 7.38. The lowest BCUT2D eigenvalue weighted by Crippen LogP contribution is -2.36. The number of amides is 2. The van der Waals surface area contributed by atoms with Gasteiger partial charge in [0.25, 0.3) is 11.8 Å². The van der Waals surface area contributed by atoms with E-state index in [0.29, 0.717) is 0 Å². The van der Waals surface area contributed by atoms with Gasteiger partial charge >= 0.3 is 0 Å². The van der Waals surface area contributed by atoms with Crippen molar-refractivity contribution < 1.29 is 19.4 Å². The molecule has 0 bridgehead atoms. The molecule has 6 nitrogen and oxygen atoms in total. The maximum absolute atomic E-state index is 11.9. The Labute approximate surface area is 165 Å². The number of nitrogens with one attached hydrogen (secondary N) is 2. The third-order valence-corrected chi connectivity index (χ3v) is 4.23. The van der Waals surface area contributed by atoms with Crippen LogP contribution in [0.2, 0.25) is 15.1 Å². The van der Waals surface area contributed by atoms with Gasteiger partial charge in [0.15, 0.2) is 6.61 Å². The van der Waals surface area contributed by atoms with E-state index < -0.39 is 11.8 Å². The van der Waals surface area contributed by atoms with Gasteiger partial charge in [0.05, 0.1) is 20.6 Å². The van der Waals surface area contributed by atoms with Gasteiger partial charge in [-0.2, -0.15) is 0 Å². The van der Waals surface area contributed by atoms with Crippen LogP contribution in [0.25, 0.3) is 0 Å². The Morgan fingerprint density at radius 2 is 1.62 bits per heavy atom. The first-order valence-corrected chi connectivity index (χ1v) is 8.62. The molecule has 0 aromatic heterocycles. The topological polar surface area (TPSA) is 87.7 Å². The van der Waals surface area contributed by atoms with Crippen molar-refractivity contribution in [1.82, 2.24) is 10.6 Å². The monoisotopic (exact) mass is 416 g/mol. The van der Waals surface area contributed by atoms with Crippen molar-refractivity contribution in [1.29, 1.82) is 0 Å². The molecule has 0 unspecified atom stereocenters. The highest BCUT2D eigenvalue weighted by Crippen LogP contribution is 2.33. The Bertz CT molecular complexity index is 815. The summed E-state index contributed by atoms with van der Waals surface area (Å²) < 4.78 is 5.29. The number of carbonyl (C=O) groups is 2. The van der Waals surface area contributed by atoms with Gasteiger partial charge in [0, 0.05) is 19.2 Å². The molecule has 0 aliphatic carbocycles. The summed E-state index contributed by atoms with van der Waals surface area (Å²) in [5.41, 5.74) is 0.163. The summed E-state index contributed by atoms with van der Waals surface area (Å²) in [6, 6.07) is 9.02. The van der Waals surface area contributed by atoms with E-state index in [-0.39, 0.29) is 51.8 Å². The SMILES string of the molecule is O=C(COc1cc(Cl)c(Cl)cc1Cl)NCCNC(=O)c1ccccc1O. The van der Waals surface area contributed by atoms with Crippen LogP contribution in [-0.4, -0.2) is 36.6 Å². The lowest BCUT2D eigenvalue weighted by atomic mass is 10.2. The fourth-order valence-corrected chi connectivity index (χ4v) is 2.54. The summed E-state index contributed by atoms with van der Waals surface area (Å²) in [5, 5.41) is 15.5. The molecule has 138 valence electrons. The van der Waals surface area contributed by atoms with Gasteiger partial charge < -0.3 is 20.5 Å². The van der Waals surface area contributed by atoms with Crippen LogP contribution in [0.5, 0.6) is 11.5 Å². The van der Waals surface area contributed by atoms with E-state index in [9.17, 15) is 14.7 Å². The minimum absolute atomic E-state index is 0.110. The van der Waals surface area contributed by atoms with E-state index in [4.69, 9.17) is 39.5 Å². The Hall–Kier alpha value is -2.15. The van der Waals surface area contributed by atoms with Gasteiger partial charge in [-0.05, 0) is 18.2 Å². The summed E-state index contributed by atoms with van der Waals surface area (Å²) in [6.07, 6.45) is 0. The molecule has 2 aromatic rings. The molecule has 2 amide bonds. The molecule has 2 rings (SSSR count). The number of phenolic OH excluding ortho intramolecular Hbond substituents is 1. The number of hydrogen-bond acceptors (Lipinski definition) is 4. The zero-order valence-corrected chi connectivity index (χ0v) is 15.7. The van der Waals surface area contributed by atoms with Crippen molar-refractivity contribution in [3.05, 3.63) is 57.0 Å². The molecule has 0 saturated carbocycles. The smallest absolute Gasteiger partial charge is 0.258 e. The highest BCUT2D eigenvalue weighted by molar-refractivity contribution is 6.43. The average Bonchev–Trinajstić information content (AvgIpc) is 2.61. The van der Waals surface area contributed by atoms with Crippen LogP contribution in [0.1, 0.15) is 10.4 Å². The molecular formula is C17H15Cl3N2O4. The molecule has 0 spiro atoms. The number of rotatable bonds is 7. The molecule has 3 N–H and O–H groups in total. The van der Waals surface area contributed by atoms with E-state index in [1.54, 1.807) is 12.1 Å². The van der Waals surface area contributed by atoms with Gasteiger partial charge in [0.1, 0.15) is 11.5 Å². The third-order valence-electron chi connectivity index (χ3n) is 3.21. The largest absolute Gasteiger partial charge is 0.507 e. The molecule has 0 aliphatic heterocycles. The predicted molar refractivity (Wildman–Crippen MR) is 100 cm³/mol. The number of para-hydroxylation sites is 1. The van der Waals surface area contributed by atoms with E-state index in [2.05, 4.69) is 10.6 Å². The summed E-state index contributed by atoms with van der Waals surface area (Å²) in [6.45, 7) is 0.105. The molecule has 2 aromatic carbocycles. The standard InChI is InChI=1S/C17H15Cl3N2O4/c18-11-7-13(20)15(8-12(11)19)26-9-16(24)21-5-6-22-17(25)10-3-1-2-4-14(10)23/h1-4,7-8,23H,5-6,9H2,(H,21,24)(H,22,25). The van der Waals surface area contributed by atoms with E-state index >= 15 is 0 Å². The highest BCUT2D eigenvalue weighted by Gasteiger charge is 2.11. The van der Waals surface area contributed by atoms with Crippen LogP contribution in [0, 0.1) is 0 Å². The Balaban J connectivity index is 1.72. The average molecular weight is 418 g/mol. The summed E-state index contributed by atoms with van der Waals surface area (Å²) >= 11 is 17.6. The predicted octanol–water partition coefficient (Wildman–Crippen LogP) is 3.28. The van der Waals surface area contributed by atoms with Crippen LogP contribution in [0.3, 0.4) is 0 Å². The maximum Gasteiger partial charge on any atom is 0.258 e. The van der Waals surface area contributed by atoms with Gasteiger partial charge in [-0.1, -0.05) is 46.9 Å². The van der Waals surface area contributed by atoms with Crippen molar-refractivity contribution >= 4 is 46.6 Å². The number of phenols is 1. The first-order chi connectivity index (χ1) is 12.4. The molecule has 26 heavy (non-hydrogen) atoms. The van der Waals surface area contributed by atoms with Crippen molar-refractivity contribution in [3.63, 3.8) is 0 Å². The van der Waals surface area contributed by atoms with Gasteiger partial charge in [0.2, 0.25) is 0 Å². The highest BCUT2D eigenvalue weighted by atomic mass is 35.5. The molecule has 0 heterocycles. The number of aromatic hydroxyl groups is 1. The second-order valence-corrected chi connectivity index (χ2v) is 6.33. The lowest BCUT2D eigenvalue weighted by Gasteiger charge is -2.10. The number of hydrogen-bond donors (Lipinski definition) is 3. The molecule has 9 heteroatoms. The quantitative estimate of drug-likeness (QED) is 0.476. The molecule has 0 radical (unpaired) electrons. The van der Waals surface area contributed by atoms with Gasteiger partial charge in [-0.25, -0.2) is 0 Å². The van der Waals surface area contributed by atoms with Crippen LogP contribution in [-0.2, 0) is 4.79 Å². The van der Waals surface area contributed by atoms with Crippen molar-refractivity contribution in [2.45, 2.75) is 0 Å². The maximum atomic E-state index is 11.9. The minimum Gasteiger partial charge on any atom is -0.507 e. The van der Waals surface area contributed by atoms with Crippen LogP contribution in [0.15, 0.2) is 36.4 Å². The van der Waals surface area contributed by atoms with Crippen LogP contribution < -0.4 is 15.4 Å². The third kappa shape index (κ3) is 5.69. The van der Waals surface area contributed by atoms with E-state index in [0.717, 1.165) is 0 Å². The molecular weight excluding hydrogens is 403 g/mol. The number of ether oxygens (including phenoxy) is 1. The van der Waals surface area contributed by atoms with Gasteiger partial charge in [-0.3, -0.25) is 9.59 Å². The van der Waals surface area contributed by atoms with Gasteiger partial charge in [-0.15, -0.1) is 0 Å². The van der Waals surface area contributed by atoms with E-state index in [1.807, 2.05) is 0 Å². The molecule has 0 fully saturated rings. The molecule has 0 atom stereocenters. The van der Waals surface area contributed by atoms with Crippen molar-refractivity contribution in [2.24, 2.45) is 0 Å². The zero-order chi connectivity index (χ0) is 19.1. The summed E-state index contributed by atoms with van der Waals surface area (Å²) in [5.74, 6) is -0.704. The first-order valence-electron chi connectivity index (χ1n) is 7.48. The first kappa shape index (κ1) is 20.2. The van der Waals surface area contributed by atoms with Crippen LogP contribution in [0.4, 0.5) is 0 Å². The number of benzene rings is 2.